The number of nitrogens with two attached hydrogens (primary N) is 1. The number of hydrogen-bond donors (Lipinski definition) is 1. The Hall–Kier alpha value is -2.22. The van der Waals surface area contributed by atoms with E-state index in [2.05, 4.69) is 9.72 Å². The summed E-state index contributed by atoms with van der Waals surface area (Å²) in [6, 6.07) is 0. The highest BCUT2D eigenvalue weighted by Gasteiger charge is 2.21. The molecule has 1 amide bonds. The molecule has 130 valence electrons. The summed E-state index contributed by atoms with van der Waals surface area (Å²) >= 11 is 1.15. The van der Waals surface area contributed by atoms with E-state index in [0.29, 0.717) is 39.4 Å². The van der Waals surface area contributed by atoms with Gasteiger partial charge in [0.25, 0.3) is 11.5 Å². The van der Waals surface area contributed by atoms with Gasteiger partial charge in [-0.3, -0.25) is 19.0 Å². The van der Waals surface area contributed by atoms with Crippen LogP contribution in [0.3, 0.4) is 0 Å². The number of primary amides is 1. The van der Waals surface area contributed by atoms with Gasteiger partial charge >= 0.3 is 5.97 Å². The largest absolute Gasteiger partial charge is 0.469 e. The first kappa shape index (κ1) is 18.1. The van der Waals surface area contributed by atoms with E-state index in [1.165, 1.54) is 7.11 Å². The van der Waals surface area contributed by atoms with Crippen molar-refractivity contribution in [2.24, 2.45) is 5.73 Å². The molecule has 2 aromatic rings. The van der Waals surface area contributed by atoms with Gasteiger partial charge < -0.3 is 10.5 Å². The molecule has 0 spiro atoms. The highest BCUT2D eigenvalue weighted by Crippen LogP contribution is 2.28. The molecule has 0 radical (unpaired) electrons. The topological polar surface area (TPSA) is 104 Å². The molecule has 0 bridgehead atoms. The van der Waals surface area contributed by atoms with Crippen molar-refractivity contribution in [1.82, 2.24) is 9.55 Å². The third-order valence-electron chi connectivity index (χ3n) is 3.81. The van der Waals surface area contributed by atoms with Crippen LogP contribution in [-0.2, 0) is 16.1 Å². The standard InChI is InChI=1S/C16H21N3O4S/c1-8(2)14-18-15-11(9(3)12(24-15)13(17)21)16(22)19(14)7-5-6-10(20)23-4/h8H,5-7H2,1-4H3,(H2,17,21). The van der Waals surface area contributed by atoms with E-state index < -0.39 is 5.91 Å². The number of carbonyl (C=O) groups excluding carboxylic acids is 2. The first-order chi connectivity index (χ1) is 11.3. The zero-order chi connectivity index (χ0) is 18.0. The lowest BCUT2D eigenvalue weighted by molar-refractivity contribution is -0.140. The number of esters is 1. The Morgan fingerprint density at radius 1 is 1.38 bits per heavy atom. The molecule has 24 heavy (non-hydrogen) atoms. The third-order valence-corrected chi connectivity index (χ3v) is 5.01. The van der Waals surface area contributed by atoms with Crippen LogP contribution in [0.1, 0.15) is 53.7 Å². The summed E-state index contributed by atoms with van der Waals surface area (Å²) in [5, 5.41) is 0.427. The molecule has 2 rings (SSSR count). The van der Waals surface area contributed by atoms with E-state index in [0.717, 1.165) is 11.3 Å². The second-order valence-electron chi connectivity index (χ2n) is 5.86. The smallest absolute Gasteiger partial charge is 0.305 e. The summed E-state index contributed by atoms with van der Waals surface area (Å²) in [4.78, 5) is 41.2. The number of aromatic nitrogens is 2. The molecule has 0 atom stereocenters. The summed E-state index contributed by atoms with van der Waals surface area (Å²) in [7, 11) is 1.34. The van der Waals surface area contributed by atoms with Gasteiger partial charge in [-0.05, 0) is 18.9 Å². The minimum absolute atomic E-state index is 0.0275. The monoisotopic (exact) mass is 351 g/mol. The average molecular weight is 351 g/mol. The first-order valence-electron chi connectivity index (χ1n) is 7.68. The minimum atomic E-state index is -0.557. The van der Waals surface area contributed by atoms with Crippen LogP contribution in [0.2, 0.25) is 0 Å². The Labute approximate surface area is 143 Å². The summed E-state index contributed by atoms with van der Waals surface area (Å²) in [6.45, 7) is 5.96. The maximum absolute atomic E-state index is 12.9. The second kappa shape index (κ2) is 7.12. The zero-order valence-corrected chi connectivity index (χ0v) is 15.0. The Balaban J connectivity index is 2.55. The van der Waals surface area contributed by atoms with Crippen molar-refractivity contribution in [2.75, 3.05) is 7.11 Å². The molecular formula is C16H21N3O4S. The van der Waals surface area contributed by atoms with Crippen LogP contribution in [0.4, 0.5) is 0 Å². The number of methoxy groups -OCH3 is 1. The highest BCUT2D eigenvalue weighted by molar-refractivity contribution is 7.20. The van der Waals surface area contributed by atoms with Gasteiger partial charge in [-0.2, -0.15) is 0 Å². The number of hydrogen-bond acceptors (Lipinski definition) is 6. The maximum atomic E-state index is 12.9. The van der Waals surface area contributed by atoms with Crippen molar-refractivity contribution < 1.29 is 14.3 Å². The van der Waals surface area contributed by atoms with Crippen LogP contribution in [0.5, 0.6) is 0 Å². The van der Waals surface area contributed by atoms with E-state index in [1.807, 2.05) is 13.8 Å². The quantitative estimate of drug-likeness (QED) is 0.801. The van der Waals surface area contributed by atoms with Crippen LogP contribution < -0.4 is 11.3 Å². The third kappa shape index (κ3) is 3.33. The molecule has 0 saturated heterocycles. The normalized spacial score (nSPS) is 11.2. The summed E-state index contributed by atoms with van der Waals surface area (Å²) in [5.41, 5.74) is 5.74. The van der Waals surface area contributed by atoms with E-state index >= 15 is 0 Å². The Bertz CT molecular complexity index is 851. The van der Waals surface area contributed by atoms with Crippen LogP contribution in [0.15, 0.2) is 4.79 Å². The van der Waals surface area contributed by atoms with Gasteiger partial charge in [0, 0.05) is 18.9 Å². The van der Waals surface area contributed by atoms with Crippen molar-refractivity contribution in [2.45, 2.75) is 46.1 Å². The fourth-order valence-corrected chi connectivity index (χ4v) is 3.64. The van der Waals surface area contributed by atoms with Gasteiger partial charge in [-0.15, -0.1) is 11.3 Å². The predicted molar refractivity (Wildman–Crippen MR) is 92.5 cm³/mol. The minimum Gasteiger partial charge on any atom is -0.469 e. The fraction of sp³-hybridized carbons (Fsp3) is 0.500. The molecule has 8 heteroatoms. The summed E-state index contributed by atoms with van der Waals surface area (Å²) < 4.78 is 6.21. The number of ether oxygens (including phenoxy) is 1. The molecule has 7 nitrogen and oxygen atoms in total. The number of thiophene rings is 1. The molecule has 0 aliphatic rings. The molecule has 2 heterocycles. The number of amides is 1. The van der Waals surface area contributed by atoms with Crippen molar-refractivity contribution in [3.8, 4) is 0 Å². The van der Waals surface area contributed by atoms with E-state index in [4.69, 9.17) is 5.73 Å². The first-order valence-corrected chi connectivity index (χ1v) is 8.50. The van der Waals surface area contributed by atoms with Gasteiger partial charge in [0.1, 0.15) is 10.7 Å². The molecule has 0 unspecified atom stereocenters. The Morgan fingerprint density at radius 3 is 2.58 bits per heavy atom. The SMILES string of the molecule is COC(=O)CCCn1c(C(C)C)nc2sc(C(N)=O)c(C)c2c1=O. The highest BCUT2D eigenvalue weighted by atomic mass is 32.1. The van der Waals surface area contributed by atoms with Gasteiger partial charge in [0.2, 0.25) is 0 Å². The lowest BCUT2D eigenvalue weighted by atomic mass is 10.1. The van der Waals surface area contributed by atoms with Crippen molar-refractivity contribution in [3.63, 3.8) is 0 Å². The van der Waals surface area contributed by atoms with Gasteiger partial charge in [0.05, 0.1) is 17.4 Å². The molecule has 2 N–H and O–H groups in total. The van der Waals surface area contributed by atoms with Crippen LogP contribution in [0, 0.1) is 6.92 Å². The summed E-state index contributed by atoms with van der Waals surface area (Å²) in [6.07, 6.45) is 0.707. The fourth-order valence-electron chi connectivity index (χ4n) is 2.61. The molecule has 2 aromatic heterocycles. The molecular weight excluding hydrogens is 330 g/mol. The molecule has 0 fully saturated rings. The molecule has 0 saturated carbocycles. The van der Waals surface area contributed by atoms with E-state index in [-0.39, 0.29) is 23.9 Å². The molecule has 0 aromatic carbocycles. The molecule has 0 aliphatic heterocycles. The second-order valence-corrected chi connectivity index (χ2v) is 6.86. The van der Waals surface area contributed by atoms with Gasteiger partial charge in [-0.1, -0.05) is 13.8 Å². The Kier molecular flexibility index (Phi) is 5.38. The van der Waals surface area contributed by atoms with Crippen LogP contribution in [0.25, 0.3) is 10.2 Å². The number of nitrogens with zero attached hydrogens (tertiary/aromatic N) is 2. The van der Waals surface area contributed by atoms with E-state index in [9.17, 15) is 14.4 Å². The van der Waals surface area contributed by atoms with Crippen LogP contribution >= 0.6 is 11.3 Å². The van der Waals surface area contributed by atoms with E-state index in [1.54, 1.807) is 11.5 Å². The number of aryl methyl sites for hydroxylation is 1. The average Bonchev–Trinajstić information content (AvgIpc) is 2.86. The van der Waals surface area contributed by atoms with Gasteiger partial charge in [0.15, 0.2) is 0 Å². The zero-order valence-electron chi connectivity index (χ0n) is 14.2. The summed E-state index contributed by atoms with van der Waals surface area (Å²) in [5.74, 6) is -0.210. The number of fused-ring (bicyclic) bond motifs is 1. The molecule has 0 aliphatic carbocycles. The number of carbonyl (C=O) groups is 2. The predicted octanol–water partition coefficient (Wildman–Crippen LogP) is 1.94. The lowest BCUT2D eigenvalue weighted by Crippen LogP contribution is -2.26. The lowest BCUT2D eigenvalue weighted by Gasteiger charge is -2.14. The Morgan fingerprint density at radius 2 is 2.04 bits per heavy atom. The van der Waals surface area contributed by atoms with Crippen molar-refractivity contribution in [3.05, 3.63) is 26.6 Å². The van der Waals surface area contributed by atoms with Crippen molar-refractivity contribution in [1.29, 1.82) is 0 Å². The number of rotatable bonds is 6. The van der Waals surface area contributed by atoms with Crippen molar-refractivity contribution >= 4 is 33.4 Å². The van der Waals surface area contributed by atoms with Crippen LogP contribution in [-0.4, -0.2) is 28.5 Å². The maximum Gasteiger partial charge on any atom is 0.305 e. The van der Waals surface area contributed by atoms with Gasteiger partial charge in [-0.25, -0.2) is 4.98 Å².